The summed E-state index contributed by atoms with van der Waals surface area (Å²) in [5.41, 5.74) is 0.650. The second-order valence-corrected chi connectivity index (χ2v) is 5.06. The Balaban J connectivity index is 2.28. The highest BCUT2D eigenvalue weighted by molar-refractivity contribution is 8.18. The van der Waals surface area contributed by atoms with E-state index in [1.165, 1.54) is 6.08 Å². The fraction of sp³-hybridized carbons (Fsp3) is 0.133. The van der Waals surface area contributed by atoms with E-state index in [0.717, 1.165) is 16.7 Å². The molecule has 5 nitrogen and oxygen atoms in total. The molecule has 0 saturated carbocycles. The van der Waals surface area contributed by atoms with Crippen LogP contribution in [0.2, 0.25) is 0 Å². The molecule has 21 heavy (non-hydrogen) atoms. The molecular weight excluding hydrogens is 288 g/mol. The van der Waals surface area contributed by atoms with E-state index in [1.807, 2.05) is 6.07 Å². The highest BCUT2D eigenvalue weighted by Gasteiger charge is 2.34. The zero-order valence-corrected chi connectivity index (χ0v) is 11.9. The van der Waals surface area contributed by atoms with Gasteiger partial charge in [0.2, 0.25) is 0 Å². The fourth-order valence-electron chi connectivity index (χ4n) is 1.77. The van der Waals surface area contributed by atoms with E-state index in [-0.39, 0.29) is 24.3 Å². The van der Waals surface area contributed by atoms with Crippen molar-refractivity contribution >= 4 is 29.0 Å². The Morgan fingerprint density at radius 3 is 2.86 bits per heavy atom. The molecule has 6 heteroatoms. The number of nitriles is 1. The van der Waals surface area contributed by atoms with Crippen LogP contribution in [-0.2, 0) is 4.79 Å². The molecule has 106 valence electrons. The van der Waals surface area contributed by atoms with E-state index >= 15 is 0 Å². The van der Waals surface area contributed by atoms with Gasteiger partial charge in [0, 0.05) is 12.1 Å². The van der Waals surface area contributed by atoms with Crippen LogP contribution in [0.25, 0.3) is 6.08 Å². The third kappa shape index (κ3) is 3.33. The number of nitrogens with zero attached hydrogens (tertiary/aromatic N) is 2. The van der Waals surface area contributed by atoms with Crippen molar-refractivity contribution in [3.05, 3.63) is 47.4 Å². The maximum Gasteiger partial charge on any atom is 0.293 e. The van der Waals surface area contributed by atoms with Gasteiger partial charge in [-0.1, -0.05) is 24.3 Å². The van der Waals surface area contributed by atoms with E-state index in [4.69, 9.17) is 10.00 Å². The molecule has 1 aromatic carbocycles. The molecule has 1 heterocycles. The average molecular weight is 300 g/mol. The number of ether oxygens (including phenoxy) is 1. The number of para-hydroxylation sites is 1. The molecule has 0 atom stereocenters. The lowest BCUT2D eigenvalue weighted by molar-refractivity contribution is -0.122. The van der Waals surface area contributed by atoms with Gasteiger partial charge in [0.25, 0.3) is 11.1 Å². The van der Waals surface area contributed by atoms with Crippen LogP contribution in [0.3, 0.4) is 0 Å². The Morgan fingerprint density at radius 1 is 1.38 bits per heavy atom. The number of rotatable bonds is 5. The zero-order valence-electron chi connectivity index (χ0n) is 11.1. The number of carbonyl (C=O) groups is 2. The van der Waals surface area contributed by atoms with Crippen LogP contribution in [0.4, 0.5) is 4.79 Å². The van der Waals surface area contributed by atoms with Gasteiger partial charge >= 0.3 is 0 Å². The van der Waals surface area contributed by atoms with Crippen molar-refractivity contribution in [1.82, 2.24) is 4.90 Å². The minimum atomic E-state index is -0.347. The van der Waals surface area contributed by atoms with E-state index in [9.17, 15) is 9.59 Å². The number of thioether (sulfide) groups is 1. The second kappa shape index (κ2) is 6.77. The number of hydrogen-bond donors (Lipinski definition) is 0. The first-order valence-electron chi connectivity index (χ1n) is 6.12. The van der Waals surface area contributed by atoms with Gasteiger partial charge in [0.1, 0.15) is 11.8 Å². The quantitative estimate of drug-likeness (QED) is 0.617. The van der Waals surface area contributed by atoms with Gasteiger partial charge in [-0.25, -0.2) is 0 Å². The molecule has 2 amide bonds. The van der Waals surface area contributed by atoms with Gasteiger partial charge in [-0.05, 0) is 23.9 Å². The molecule has 0 N–H and O–H groups in total. The highest BCUT2D eigenvalue weighted by Crippen LogP contribution is 2.33. The van der Waals surface area contributed by atoms with Gasteiger partial charge in [-0.2, -0.15) is 5.26 Å². The van der Waals surface area contributed by atoms with E-state index in [0.29, 0.717) is 16.2 Å². The molecule has 1 aromatic rings. The molecule has 1 aliphatic rings. The predicted octanol–water partition coefficient (Wildman–Crippen LogP) is 2.81. The summed E-state index contributed by atoms with van der Waals surface area (Å²) in [4.78, 5) is 25.3. The lowest BCUT2D eigenvalue weighted by Gasteiger charge is -2.08. The summed E-state index contributed by atoms with van der Waals surface area (Å²) < 4.78 is 5.29. The third-order valence-electron chi connectivity index (χ3n) is 2.68. The summed E-state index contributed by atoms with van der Waals surface area (Å²) in [6, 6.07) is 8.91. The van der Waals surface area contributed by atoms with Crippen LogP contribution >= 0.6 is 11.8 Å². The lowest BCUT2D eigenvalue weighted by Crippen LogP contribution is -2.27. The standard InChI is InChI=1S/C15H12N2O3S/c1-2-8-17-14(18)13(21-15(17)19)10-11-5-3-4-6-12(11)20-9-7-16/h2-6,10H,1,8-9H2/b13-10-. The first kappa shape index (κ1) is 14.9. The van der Waals surface area contributed by atoms with Crippen molar-refractivity contribution < 1.29 is 14.3 Å². The SMILES string of the molecule is C=CCN1C(=O)S/C(=C\c2ccccc2OCC#N)C1=O. The molecule has 1 aliphatic heterocycles. The van der Waals surface area contributed by atoms with Crippen LogP contribution in [0, 0.1) is 11.3 Å². The minimum Gasteiger partial charge on any atom is -0.478 e. The molecule has 0 bridgehead atoms. The van der Waals surface area contributed by atoms with Crippen molar-refractivity contribution in [3.63, 3.8) is 0 Å². The summed E-state index contributed by atoms with van der Waals surface area (Å²) in [5.74, 6) is 0.148. The number of imide groups is 1. The first-order chi connectivity index (χ1) is 10.2. The second-order valence-electron chi connectivity index (χ2n) is 4.07. The maximum atomic E-state index is 12.1. The van der Waals surface area contributed by atoms with Gasteiger partial charge in [0.15, 0.2) is 6.61 Å². The topological polar surface area (TPSA) is 70.4 Å². The maximum absolute atomic E-state index is 12.1. The fourth-order valence-corrected chi connectivity index (χ4v) is 2.61. The molecule has 0 unspecified atom stereocenters. The van der Waals surface area contributed by atoms with E-state index in [2.05, 4.69) is 6.58 Å². The van der Waals surface area contributed by atoms with Crippen molar-refractivity contribution in [2.75, 3.05) is 13.2 Å². The monoisotopic (exact) mass is 300 g/mol. The van der Waals surface area contributed by atoms with Crippen LogP contribution in [0.15, 0.2) is 41.8 Å². The Labute approximate surface area is 126 Å². The summed E-state index contributed by atoms with van der Waals surface area (Å²) in [6.07, 6.45) is 3.10. The van der Waals surface area contributed by atoms with E-state index in [1.54, 1.807) is 30.3 Å². The van der Waals surface area contributed by atoms with Crippen molar-refractivity contribution in [2.45, 2.75) is 0 Å². The van der Waals surface area contributed by atoms with Crippen molar-refractivity contribution in [1.29, 1.82) is 5.26 Å². The minimum absolute atomic E-state index is 0.0806. The van der Waals surface area contributed by atoms with Crippen LogP contribution in [-0.4, -0.2) is 29.2 Å². The number of benzene rings is 1. The van der Waals surface area contributed by atoms with Gasteiger partial charge in [-0.15, -0.1) is 6.58 Å². The van der Waals surface area contributed by atoms with Gasteiger partial charge in [-0.3, -0.25) is 14.5 Å². The van der Waals surface area contributed by atoms with Crippen molar-refractivity contribution in [3.8, 4) is 11.8 Å². The molecule has 0 radical (unpaired) electrons. The van der Waals surface area contributed by atoms with Gasteiger partial charge < -0.3 is 4.74 Å². The van der Waals surface area contributed by atoms with Crippen LogP contribution < -0.4 is 4.74 Å². The third-order valence-corrected chi connectivity index (χ3v) is 3.59. The largest absolute Gasteiger partial charge is 0.478 e. The molecule has 1 fully saturated rings. The summed E-state index contributed by atoms with van der Waals surface area (Å²) in [5, 5.41) is 8.25. The molecule has 2 rings (SSSR count). The molecule has 0 spiro atoms. The predicted molar refractivity (Wildman–Crippen MR) is 80.4 cm³/mol. The summed E-state index contributed by atoms with van der Waals surface area (Å²) in [6.45, 7) is 3.63. The number of hydrogen-bond acceptors (Lipinski definition) is 5. The molecule has 1 saturated heterocycles. The first-order valence-corrected chi connectivity index (χ1v) is 6.94. The smallest absolute Gasteiger partial charge is 0.293 e. The lowest BCUT2D eigenvalue weighted by atomic mass is 10.2. The van der Waals surface area contributed by atoms with Crippen LogP contribution in [0.1, 0.15) is 5.56 Å². The highest BCUT2D eigenvalue weighted by atomic mass is 32.2. The number of amides is 2. The van der Waals surface area contributed by atoms with E-state index < -0.39 is 0 Å². The Bertz CT molecular complexity index is 661. The van der Waals surface area contributed by atoms with Gasteiger partial charge in [0.05, 0.1) is 4.91 Å². The summed E-state index contributed by atoms with van der Waals surface area (Å²) in [7, 11) is 0. The zero-order chi connectivity index (χ0) is 15.2. The average Bonchev–Trinajstić information content (AvgIpc) is 2.74. The molecule has 0 aliphatic carbocycles. The van der Waals surface area contributed by atoms with Crippen LogP contribution in [0.5, 0.6) is 5.75 Å². The summed E-state index contributed by atoms with van der Waals surface area (Å²) >= 11 is 0.879. The molecule has 0 aromatic heterocycles. The normalized spacial score (nSPS) is 16.1. The molecular formula is C15H12N2O3S. The van der Waals surface area contributed by atoms with Crippen molar-refractivity contribution in [2.24, 2.45) is 0 Å². The number of carbonyl (C=O) groups excluding carboxylic acids is 2. The Kier molecular flexibility index (Phi) is 4.80. The Hall–Kier alpha value is -2.52. The Morgan fingerprint density at radius 2 is 2.14 bits per heavy atom.